The SMILES string of the molecule is COc1ccc(C2CC(c3ccc(Br)cc3)=NN2C(=O)CSC2CCCCC2)cc1. The predicted molar refractivity (Wildman–Crippen MR) is 127 cm³/mol. The summed E-state index contributed by atoms with van der Waals surface area (Å²) in [6, 6.07) is 16.0. The highest BCUT2D eigenvalue weighted by atomic mass is 79.9. The van der Waals surface area contributed by atoms with E-state index in [9.17, 15) is 4.79 Å². The van der Waals surface area contributed by atoms with Gasteiger partial charge in [-0.25, -0.2) is 5.01 Å². The van der Waals surface area contributed by atoms with Gasteiger partial charge < -0.3 is 4.74 Å². The van der Waals surface area contributed by atoms with Crippen LogP contribution in [-0.4, -0.2) is 34.7 Å². The number of hydrogen-bond acceptors (Lipinski definition) is 4. The van der Waals surface area contributed by atoms with E-state index >= 15 is 0 Å². The molecule has 4 nitrogen and oxygen atoms in total. The average Bonchev–Trinajstić information content (AvgIpc) is 3.24. The molecule has 1 saturated carbocycles. The topological polar surface area (TPSA) is 41.9 Å². The number of nitrogens with zero attached hydrogens (tertiary/aromatic N) is 2. The molecule has 1 fully saturated rings. The maximum atomic E-state index is 13.2. The monoisotopic (exact) mass is 486 g/mol. The lowest BCUT2D eigenvalue weighted by molar-refractivity contribution is -0.130. The molecule has 4 rings (SSSR count). The van der Waals surface area contributed by atoms with Gasteiger partial charge in [-0.05, 0) is 48.2 Å². The van der Waals surface area contributed by atoms with Crippen LogP contribution < -0.4 is 4.74 Å². The van der Waals surface area contributed by atoms with E-state index in [0.29, 0.717) is 17.4 Å². The van der Waals surface area contributed by atoms with Gasteiger partial charge in [0.2, 0.25) is 0 Å². The second-order valence-electron chi connectivity index (χ2n) is 7.86. The van der Waals surface area contributed by atoms with E-state index in [2.05, 4.69) is 28.1 Å². The minimum absolute atomic E-state index is 0.0750. The number of thioether (sulfide) groups is 1. The van der Waals surface area contributed by atoms with E-state index in [1.165, 1.54) is 32.1 Å². The van der Waals surface area contributed by atoms with Crippen LogP contribution in [-0.2, 0) is 4.79 Å². The minimum Gasteiger partial charge on any atom is -0.497 e. The van der Waals surface area contributed by atoms with Gasteiger partial charge in [-0.2, -0.15) is 5.10 Å². The summed E-state index contributed by atoms with van der Waals surface area (Å²) in [5.41, 5.74) is 3.11. The summed E-state index contributed by atoms with van der Waals surface area (Å²) >= 11 is 5.30. The van der Waals surface area contributed by atoms with Crippen LogP contribution in [0.25, 0.3) is 0 Å². The molecule has 0 N–H and O–H groups in total. The fourth-order valence-electron chi connectivity index (χ4n) is 4.13. The number of carbonyl (C=O) groups excluding carboxylic acids is 1. The van der Waals surface area contributed by atoms with Gasteiger partial charge in [0.05, 0.1) is 24.6 Å². The quantitative estimate of drug-likeness (QED) is 0.487. The Morgan fingerprint density at radius 3 is 2.47 bits per heavy atom. The highest BCUT2D eigenvalue weighted by Crippen LogP contribution is 2.35. The Morgan fingerprint density at radius 2 is 1.80 bits per heavy atom. The Bertz CT molecular complexity index is 892. The van der Waals surface area contributed by atoms with Crippen LogP contribution in [0.5, 0.6) is 5.75 Å². The molecular formula is C24H27BrN2O2S. The largest absolute Gasteiger partial charge is 0.497 e. The molecule has 0 saturated heterocycles. The summed E-state index contributed by atoms with van der Waals surface area (Å²) in [5, 5.41) is 7.12. The van der Waals surface area contributed by atoms with Gasteiger partial charge in [0.15, 0.2) is 0 Å². The molecular weight excluding hydrogens is 460 g/mol. The molecule has 1 aliphatic carbocycles. The van der Waals surface area contributed by atoms with E-state index in [1.807, 2.05) is 48.2 Å². The van der Waals surface area contributed by atoms with Crippen LogP contribution in [0.3, 0.4) is 0 Å². The zero-order chi connectivity index (χ0) is 20.9. The minimum atomic E-state index is -0.0750. The molecule has 2 aliphatic rings. The third kappa shape index (κ3) is 5.09. The van der Waals surface area contributed by atoms with Gasteiger partial charge in [0.25, 0.3) is 5.91 Å². The average molecular weight is 487 g/mol. The van der Waals surface area contributed by atoms with Crippen molar-refractivity contribution in [1.82, 2.24) is 5.01 Å². The lowest BCUT2D eigenvalue weighted by Crippen LogP contribution is -2.29. The highest BCUT2D eigenvalue weighted by molar-refractivity contribution is 9.10. The Labute approximate surface area is 191 Å². The Hall–Kier alpha value is -1.79. The highest BCUT2D eigenvalue weighted by Gasteiger charge is 2.33. The number of carbonyl (C=O) groups is 1. The number of benzene rings is 2. The number of hydrazone groups is 1. The molecule has 1 unspecified atom stereocenters. The van der Waals surface area contributed by atoms with Crippen molar-refractivity contribution in [3.63, 3.8) is 0 Å². The van der Waals surface area contributed by atoms with Crippen LogP contribution in [0, 0.1) is 0 Å². The summed E-state index contributed by atoms with van der Waals surface area (Å²) in [4.78, 5) is 13.2. The fraction of sp³-hybridized carbons (Fsp3) is 0.417. The number of hydrogen-bond donors (Lipinski definition) is 0. The van der Waals surface area contributed by atoms with Gasteiger partial charge in [0.1, 0.15) is 5.75 Å². The first-order valence-electron chi connectivity index (χ1n) is 10.5. The summed E-state index contributed by atoms with van der Waals surface area (Å²) in [6.07, 6.45) is 7.08. The number of methoxy groups -OCH3 is 1. The zero-order valence-corrected chi connectivity index (χ0v) is 19.6. The van der Waals surface area contributed by atoms with Gasteiger partial charge in [-0.1, -0.05) is 59.5 Å². The molecule has 1 amide bonds. The van der Waals surface area contributed by atoms with Crippen LogP contribution in [0.4, 0.5) is 0 Å². The molecule has 1 aliphatic heterocycles. The van der Waals surface area contributed by atoms with Gasteiger partial charge in [-0.15, -0.1) is 11.8 Å². The van der Waals surface area contributed by atoms with Crippen molar-refractivity contribution in [2.75, 3.05) is 12.9 Å². The van der Waals surface area contributed by atoms with Crippen molar-refractivity contribution < 1.29 is 9.53 Å². The van der Waals surface area contributed by atoms with E-state index in [1.54, 1.807) is 12.1 Å². The lowest BCUT2D eigenvalue weighted by Gasteiger charge is -2.24. The molecule has 0 spiro atoms. The molecule has 0 bridgehead atoms. The number of ether oxygens (including phenoxy) is 1. The van der Waals surface area contributed by atoms with E-state index < -0.39 is 0 Å². The van der Waals surface area contributed by atoms with Crippen LogP contribution in [0.1, 0.15) is 55.7 Å². The smallest absolute Gasteiger partial charge is 0.253 e. The van der Waals surface area contributed by atoms with Crippen molar-refractivity contribution >= 4 is 39.3 Å². The molecule has 2 aromatic rings. The molecule has 0 aromatic heterocycles. The number of halogens is 1. The molecule has 158 valence electrons. The number of rotatable bonds is 6. The van der Waals surface area contributed by atoms with Gasteiger partial charge >= 0.3 is 0 Å². The molecule has 1 atom stereocenters. The Kier molecular flexibility index (Phi) is 7.16. The first-order chi connectivity index (χ1) is 14.6. The first-order valence-corrected chi connectivity index (χ1v) is 12.4. The van der Waals surface area contributed by atoms with Crippen molar-refractivity contribution in [3.8, 4) is 5.75 Å². The van der Waals surface area contributed by atoms with E-state index in [-0.39, 0.29) is 11.9 Å². The Balaban J connectivity index is 1.53. The maximum Gasteiger partial charge on any atom is 0.253 e. The van der Waals surface area contributed by atoms with Crippen molar-refractivity contribution in [2.24, 2.45) is 5.10 Å². The second-order valence-corrected chi connectivity index (χ2v) is 10.1. The molecule has 2 aromatic carbocycles. The molecule has 6 heteroatoms. The number of amides is 1. The summed E-state index contributed by atoms with van der Waals surface area (Å²) in [5.74, 6) is 1.41. The third-order valence-electron chi connectivity index (χ3n) is 5.84. The Morgan fingerprint density at radius 1 is 1.10 bits per heavy atom. The van der Waals surface area contributed by atoms with Crippen LogP contribution in [0.15, 0.2) is 58.1 Å². The van der Waals surface area contributed by atoms with Gasteiger partial charge in [0, 0.05) is 16.1 Å². The standard InChI is InChI=1S/C24H27BrN2O2S/c1-29-20-13-9-18(10-14-20)23-15-22(17-7-11-19(25)12-8-17)26-27(23)24(28)16-30-21-5-3-2-4-6-21/h7-14,21,23H,2-6,15-16H2,1H3. The molecule has 30 heavy (non-hydrogen) atoms. The third-order valence-corrected chi connectivity index (χ3v) is 7.72. The van der Waals surface area contributed by atoms with E-state index in [4.69, 9.17) is 9.84 Å². The van der Waals surface area contributed by atoms with Crippen molar-refractivity contribution in [1.29, 1.82) is 0 Å². The lowest BCUT2D eigenvalue weighted by atomic mass is 9.98. The first kappa shape index (κ1) is 21.4. The maximum absolute atomic E-state index is 13.2. The summed E-state index contributed by atoms with van der Waals surface area (Å²) in [6.45, 7) is 0. The zero-order valence-electron chi connectivity index (χ0n) is 17.2. The molecule has 1 heterocycles. The summed E-state index contributed by atoms with van der Waals surface area (Å²) in [7, 11) is 1.66. The fourth-order valence-corrected chi connectivity index (χ4v) is 5.57. The van der Waals surface area contributed by atoms with Crippen molar-refractivity contribution in [2.45, 2.75) is 49.8 Å². The predicted octanol–water partition coefficient (Wildman–Crippen LogP) is 6.20. The van der Waals surface area contributed by atoms with Gasteiger partial charge in [-0.3, -0.25) is 4.79 Å². The van der Waals surface area contributed by atoms with E-state index in [0.717, 1.165) is 27.1 Å². The van der Waals surface area contributed by atoms with Crippen LogP contribution >= 0.6 is 27.7 Å². The second kappa shape index (κ2) is 10.0. The summed E-state index contributed by atoms with van der Waals surface area (Å²) < 4.78 is 6.33. The van der Waals surface area contributed by atoms with Crippen LogP contribution in [0.2, 0.25) is 0 Å². The molecule has 0 radical (unpaired) electrons. The normalized spacial score (nSPS) is 19.6. The van der Waals surface area contributed by atoms with Crippen molar-refractivity contribution in [3.05, 3.63) is 64.1 Å².